The molecule has 0 rings (SSSR count). The summed E-state index contributed by atoms with van der Waals surface area (Å²) in [7, 11) is 4.05. The fraction of sp³-hybridized carbons (Fsp3) is 0.875. The Hall–Kier alpha value is -0.570. The molecule has 0 heterocycles. The molecule has 0 saturated heterocycles. The molecule has 0 fully saturated rings. The van der Waals surface area contributed by atoms with Crippen LogP contribution in [0.2, 0.25) is 0 Å². The first-order valence-corrected chi connectivity index (χ1v) is 3.95. The normalized spacial score (nSPS) is 12.3. The second kappa shape index (κ2) is 6.16. The van der Waals surface area contributed by atoms with Crippen molar-refractivity contribution in [2.75, 3.05) is 33.8 Å². The molecule has 0 saturated carbocycles. The van der Waals surface area contributed by atoms with Gasteiger partial charge in [0.25, 0.3) is 0 Å². The Morgan fingerprint density at radius 3 is 2.55 bits per heavy atom. The van der Waals surface area contributed by atoms with Gasteiger partial charge in [-0.3, -0.25) is 4.99 Å². The van der Waals surface area contributed by atoms with E-state index >= 15 is 0 Å². The lowest BCUT2D eigenvalue weighted by atomic mass is 10.6. The van der Waals surface area contributed by atoms with Gasteiger partial charge < -0.3 is 9.64 Å². The van der Waals surface area contributed by atoms with Crippen LogP contribution in [0.3, 0.4) is 0 Å². The number of hydrogen-bond donors (Lipinski definition) is 0. The van der Waals surface area contributed by atoms with Gasteiger partial charge in [-0.1, -0.05) is 0 Å². The van der Waals surface area contributed by atoms with Gasteiger partial charge in [-0.15, -0.1) is 0 Å². The lowest BCUT2D eigenvalue weighted by Gasteiger charge is -2.09. The Kier molecular flexibility index (Phi) is 5.84. The number of aliphatic imine (C=N–C) groups is 1. The molecule has 0 aliphatic carbocycles. The highest BCUT2D eigenvalue weighted by atomic mass is 16.5. The molecule has 0 aromatic carbocycles. The predicted octanol–water partition coefficient (Wildman–Crippen LogP) is 1.00. The summed E-state index contributed by atoms with van der Waals surface area (Å²) in [6.07, 6.45) is 0. The molecule has 66 valence electrons. The third-order valence-electron chi connectivity index (χ3n) is 1.23. The van der Waals surface area contributed by atoms with Crippen molar-refractivity contribution in [3.63, 3.8) is 0 Å². The molecule has 0 radical (unpaired) electrons. The molecule has 0 aliphatic heterocycles. The molecule has 0 spiro atoms. The standard InChI is InChI=1S/C8H18N2O/c1-5-9-8(2)11-7-6-10(3)4/h5-7H2,1-4H3. The highest BCUT2D eigenvalue weighted by Crippen LogP contribution is 1.83. The molecule has 0 aromatic rings. The molecule has 0 bridgehead atoms. The third kappa shape index (κ3) is 7.33. The zero-order chi connectivity index (χ0) is 8.69. The van der Waals surface area contributed by atoms with Crippen molar-refractivity contribution >= 4 is 5.90 Å². The van der Waals surface area contributed by atoms with Gasteiger partial charge in [0.15, 0.2) is 5.90 Å². The van der Waals surface area contributed by atoms with E-state index in [1.54, 1.807) is 0 Å². The number of hydrogen-bond acceptors (Lipinski definition) is 3. The maximum absolute atomic E-state index is 5.30. The van der Waals surface area contributed by atoms with E-state index < -0.39 is 0 Å². The zero-order valence-electron chi connectivity index (χ0n) is 7.92. The molecule has 0 atom stereocenters. The number of nitrogens with zero attached hydrogens (tertiary/aromatic N) is 2. The van der Waals surface area contributed by atoms with Gasteiger partial charge in [-0.2, -0.15) is 0 Å². The molecule has 0 N–H and O–H groups in total. The van der Waals surface area contributed by atoms with Crippen molar-refractivity contribution in [3.8, 4) is 0 Å². The molecular weight excluding hydrogens is 140 g/mol. The van der Waals surface area contributed by atoms with E-state index in [0.717, 1.165) is 25.6 Å². The van der Waals surface area contributed by atoms with Gasteiger partial charge in [0, 0.05) is 20.0 Å². The molecule has 0 unspecified atom stereocenters. The van der Waals surface area contributed by atoms with Crippen LogP contribution in [0.5, 0.6) is 0 Å². The molecule has 11 heavy (non-hydrogen) atoms. The Labute approximate surface area is 69.1 Å². The zero-order valence-corrected chi connectivity index (χ0v) is 7.92. The first-order valence-electron chi connectivity index (χ1n) is 3.95. The first-order chi connectivity index (χ1) is 5.16. The summed E-state index contributed by atoms with van der Waals surface area (Å²) in [6, 6.07) is 0. The quantitative estimate of drug-likeness (QED) is 0.450. The third-order valence-corrected chi connectivity index (χ3v) is 1.23. The summed E-state index contributed by atoms with van der Waals surface area (Å²) in [5.74, 6) is 0.786. The fourth-order valence-electron chi connectivity index (χ4n) is 0.644. The molecular formula is C8H18N2O. The number of ether oxygens (including phenoxy) is 1. The Morgan fingerprint density at radius 1 is 1.45 bits per heavy atom. The second-order valence-corrected chi connectivity index (χ2v) is 2.65. The fourth-order valence-corrected chi connectivity index (χ4v) is 0.644. The maximum Gasteiger partial charge on any atom is 0.180 e. The summed E-state index contributed by atoms with van der Waals surface area (Å²) >= 11 is 0. The van der Waals surface area contributed by atoms with E-state index in [1.807, 2.05) is 27.9 Å². The molecule has 0 amide bonds. The largest absolute Gasteiger partial charge is 0.480 e. The van der Waals surface area contributed by atoms with Crippen LogP contribution in [0, 0.1) is 0 Å². The first kappa shape index (κ1) is 10.4. The van der Waals surface area contributed by atoms with Gasteiger partial charge in [0.1, 0.15) is 6.61 Å². The van der Waals surface area contributed by atoms with Crippen LogP contribution >= 0.6 is 0 Å². The van der Waals surface area contributed by atoms with Crippen molar-refractivity contribution in [2.45, 2.75) is 13.8 Å². The van der Waals surface area contributed by atoms with Crippen LogP contribution in [0.15, 0.2) is 4.99 Å². The molecule has 0 aromatic heterocycles. The summed E-state index contributed by atoms with van der Waals surface area (Å²) in [5.41, 5.74) is 0. The highest BCUT2D eigenvalue weighted by molar-refractivity contribution is 5.72. The van der Waals surface area contributed by atoms with Crippen molar-refractivity contribution in [1.29, 1.82) is 0 Å². The van der Waals surface area contributed by atoms with E-state index in [9.17, 15) is 0 Å². The van der Waals surface area contributed by atoms with Crippen molar-refractivity contribution in [3.05, 3.63) is 0 Å². The van der Waals surface area contributed by atoms with Crippen LogP contribution in [0.4, 0.5) is 0 Å². The van der Waals surface area contributed by atoms with Gasteiger partial charge in [0.2, 0.25) is 0 Å². The van der Waals surface area contributed by atoms with E-state index in [-0.39, 0.29) is 0 Å². The van der Waals surface area contributed by atoms with Gasteiger partial charge in [-0.05, 0) is 21.0 Å². The van der Waals surface area contributed by atoms with Crippen LogP contribution in [0.25, 0.3) is 0 Å². The molecule has 0 aliphatic rings. The van der Waals surface area contributed by atoms with Crippen LogP contribution < -0.4 is 0 Å². The topological polar surface area (TPSA) is 24.8 Å². The van der Waals surface area contributed by atoms with E-state index in [4.69, 9.17) is 4.74 Å². The Balaban J connectivity index is 3.31. The lowest BCUT2D eigenvalue weighted by molar-refractivity contribution is 0.249. The van der Waals surface area contributed by atoms with Gasteiger partial charge in [0.05, 0.1) is 0 Å². The summed E-state index contributed by atoms with van der Waals surface area (Å²) in [5, 5.41) is 0. The Morgan fingerprint density at radius 2 is 2.09 bits per heavy atom. The van der Waals surface area contributed by atoms with Crippen LogP contribution in [0.1, 0.15) is 13.8 Å². The molecule has 3 nitrogen and oxygen atoms in total. The lowest BCUT2D eigenvalue weighted by Crippen LogP contribution is -2.19. The summed E-state index contributed by atoms with van der Waals surface area (Å²) in [6.45, 7) is 6.35. The van der Waals surface area contributed by atoms with Crippen molar-refractivity contribution in [2.24, 2.45) is 4.99 Å². The minimum absolute atomic E-state index is 0.725. The second-order valence-electron chi connectivity index (χ2n) is 2.65. The van der Waals surface area contributed by atoms with Gasteiger partial charge >= 0.3 is 0 Å². The van der Waals surface area contributed by atoms with E-state index in [1.165, 1.54) is 0 Å². The smallest absolute Gasteiger partial charge is 0.180 e. The summed E-state index contributed by atoms with van der Waals surface area (Å²) < 4.78 is 5.30. The number of likely N-dealkylation sites (N-methyl/N-ethyl adjacent to an activating group) is 1. The SMILES string of the molecule is CCN=C(C)OCCN(C)C. The highest BCUT2D eigenvalue weighted by Gasteiger charge is 1.91. The van der Waals surface area contributed by atoms with Crippen LogP contribution in [-0.4, -0.2) is 44.6 Å². The minimum atomic E-state index is 0.725. The summed E-state index contributed by atoms with van der Waals surface area (Å²) in [4.78, 5) is 6.18. The van der Waals surface area contributed by atoms with E-state index in [2.05, 4.69) is 9.89 Å². The average Bonchev–Trinajstić information content (AvgIpc) is 1.87. The Bertz CT molecular complexity index is 121. The van der Waals surface area contributed by atoms with Crippen molar-refractivity contribution < 1.29 is 4.74 Å². The predicted molar refractivity (Wildman–Crippen MR) is 48.2 cm³/mol. The van der Waals surface area contributed by atoms with E-state index in [0.29, 0.717) is 0 Å². The monoisotopic (exact) mass is 158 g/mol. The van der Waals surface area contributed by atoms with Crippen LogP contribution in [-0.2, 0) is 4.74 Å². The maximum atomic E-state index is 5.30. The molecule has 3 heteroatoms. The average molecular weight is 158 g/mol. The number of rotatable bonds is 4. The van der Waals surface area contributed by atoms with Crippen molar-refractivity contribution in [1.82, 2.24) is 4.90 Å². The minimum Gasteiger partial charge on any atom is -0.480 e. The van der Waals surface area contributed by atoms with Gasteiger partial charge in [-0.25, -0.2) is 0 Å².